The Bertz CT molecular complexity index is 435. The topological polar surface area (TPSA) is 80.7 Å². The molecule has 1 amide bonds. The number of rotatable bonds is 6. The summed E-state index contributed by atoms with van der Waals surface area (Å²) in [6, 6.07) is 3.64. The zero-order valence-electron chi connectivity index (χ0n) is 12.7. The van der Waals surface area contributed by atoms with Crippen LogP contribution in [0.4, 0.5) is 0 Å². The Kier molecular flexibility index (Phi) is 5.78. The molecule has 0 aromatic carbocycles. The number of likely N-dealkylation sites (tertiary alicyclic amines) is 1. The summed E-state index contributed by atoms with van der Waals surface area (Å²) in [6.45, 7) is 3.70. The molecule has 3 unspecified atom stereocenters. The Morgan fingerprint density at radius 3 is 3.10 bits per heavy atom. The van der Waals surface area contributed by atoms with E-state index in [1.807, 2.05) is 19.1 Å². The largest absolute Gasteiger partial charge is 0.467 e. The molecule has 118 valence electrons. The lowest BCUT2D eigenvalue weighted by molar-refractivity contribution is -0.128. The van der Waals surface area contributed by atoms with Gasteiger partial charge in [0.2, 0.25) is 5.91 Å². The lowest BCUT2D eigenvalue weighted by Gasteiger charge is -2.41. The lowest BCUT2D eigenvalue weighted by Crippen LogP contribution is -2.56. The van der Waals surface area contributed by atoms with Crippen molar-refractivity contribution in [3.63, 3.8) is 0 Å². The second-order valence-corrected chi connectivity index (χ2v) is 5.48. The van der Waals surface area contributed by atoms with Crippen LogP contribution in [0.2, 0.25) is 0 Å². The molecule has 0 spiro atoms. The van der Waals surface area contributed by atoms with Crippen LogP contribution in [0.25, 0.3) is 0 Å². The quantitative estimate of drug-likeness (QED) is 0.808. The number of piperidine rings is 1. The summed E-state index contributed by atoms with van der Waals surface area (Å²) in [7, 11) is 1.73. The fraction of sp³-hybridized carbons (Fsp3) is 0.667. The van der Waals surface area contributed by atoms with E-state index in [0.717, 1.165) is 25.1 Å². The van der Waals surface area contributed by atoms with Crippen molar-refractivity contribution in [1.29, 1.82) is 0 Å². The van der Waals surface area contributed by atoms with Gasteiger partial charge in [0.25, 0.3) is 0 Å². The Balaban J connectivity index is 1.88. The van der Waals surface area contributed by atoms with Crippen molar-refractivity contribution >= 4 is 5.91 Å². The molecule has 6 nitrogen and oxygen atoms in total. The molecule has 6 heteroatoms. The van der Waals surface area contributed by atoms with Crippen LogP contribution in [0.15, 0.2) is 22.8 Å². The predicted molar refractivity (Wildman–Crippen MR) is 79.6 cm³/mol. The number of hydrogen-bond acceptors (Lipinski definition) is 5. The van der Waals surface area contributed by atoms with Crippen molar-refractivity contribution in [3.05, 3.63) is 24.2 Å². The fourth-order valence-electron chi connectivity index (χ4n) is 2.87. The summed E-state index contributed by atoms with van der Waals surface area (Å²) < 4.78 is 10.6. The highest BCUT2D eigenvalue weighted by atomic mass is 16.5. The minimum Gasteiger partial charge on any atom is -0.467 e. The maximum atomic E-state index is 12.3. The van der Waals surface area contributed by atoms with Crippen LogP contribution in [-0.2, 0) is 16.1 Å². The molecule has 2 heterocycles. The van der Waals surface area contributed by atoms with Gasteiger partial charge in [-0.3, -0.25) is 9.69 Å². The van der Waals surface area contributed by atoms with Gasteiger partial charge in [-0.2, -0.15) is 0 Å². The molecule has 1 aromatic heterocycles. The number of carbonyl (C=O) groups is 1. The third-order valence-corrected chi connectivity index (χ3v) is 4.21. The molecule has 3 atom stereocenters. The van der Waals surface area contributed by atoms with Gasteiger partial charge in [0, 0.05) is 26.2 Å². The van der Waals surface area contributed by atoms with Gasteiger partial charge in [0.05, 0.1) is 25.0 Å². The van der Waals surface area contributed by atoms with Gasteiger partial charge in [0.15, 0.2) is 0 Å². The minimum absolute atomic E-state index is 0.000664. The Labute approximate surface area is 125 Å². The molecule has 1 aliphatic heterocycles. The van der Waals surface area contributed by atoms with Gasteiger partial charge in [-0.15, -0.1) is 0 Å². The third-order valence-electron chi connectivity index (χ3n) is 4.21. The Hall–Kier alpha value is -1.37. The SMILES string of the molecule is COC1CCN(C(C)C(=O)NCc2ccco2)C(CN)C1. The molecule has 1 saturated heterocycles. The first kappa shape index (κ1) is 16.0. The zero-order chi connectivity index (χ0) is 15.2. The molecule has 0 bridgehead atoms. The standard InChI is InChI=1S/C15H25N3O3/c1-11(15(19)17-10-14-4-3-7-21-14)18-6-5-13(20-2)8-12(18)9-16/h3-4,7,11-13H,5-6,8-10,16H2,1-2H3,(H,17,19). The number of nitrogens with two attached hydrogens (primary N) is 1. The maximum Gasteiger partial charge on any atom is 0.237 e. The number of amides is 1. The summed E-state index contributed by atoms with van der Waals surface area (Å²) in [5.74, 6) is 0.754. The lowest BCUT2D eigenvalue weighted by atomic mass is 9.97. The van der Waals surface area contributed by atoms with Crippen molar-refractivity contribution < 1.29 is 13.9 Å². The van der Waals surface area contributed by atoms with E-state index in [1.54, 1.807) is 13.4 Å². The van der Waals surface area contributed by atoms with E-state index in [2.05, 4.69) is 10.2 Å². The van der Waals surface area contributed by atoms with Crippen LogP contribution in [0, 0.1) is 0 Å². The van der Waals surface area contributed by atoms with Gasteiger partial charge < -0.3 is 20.2 Å². The number of methoxy groups -OCH3 is 1. The van der Waals surface area contributed by atoms with Crippen LogP contribution in [0.1, 0.15) is 25.5 Å². The first-order valence-corrected chi connectivity index (χ1v) is 7.44. The summed E-state index contributed by atoms with van der Waals surface area (Å²) >= 11 is 0. The van der Waals surface area contributed by atoms with Gasteiger partial charge in [-0.05, 0) is 31.9 Å². The van der Waals surface area contributed by atoms with Gasteiger partial charge in [-0.1, -0.05) is 0 Å². The second kappa shape index (κ2) is 7.59. The minimum atomic E-state index is -0.202. The highest BCUT2D eigenvalue weighted by molar-refractivity contribution is 5.81. The number of furan rings is 1. The average Bonchev–Trinajstić information content (AvgIpc) is 3.04. The van der Waals surface area contributed by atoms with E-state index < -0.39 is 0 Å². The maximum absolute atomic E-state index is 12.3. The molecule has 0 aliphatic carbocycles. The van der Waals surface area contributed by atoms with Crippen molar-refractivity contribution in [1.82, 2.24) is 10.2 Å². The number of carbonyl (C=O) groups excluding carboxylic acids is 1. The molecular formula is C15H25N3O3. The molecule has 2 rings (SSSR count). The van der Waals surface area contributed by atoms with Gasteiger partial charge >= 0.3 is 0 Å². The van der Waals surface area contributed by atoms with E-state index in [9.17, 15) is 4.79 Å². The van der Waals surface area contributed by atoms with Crippen LogP contribution in [0.3, 0.4) is 0 Å². The summed E-state index contributed by atoms with van der Waals surface area (Å²) in [6.07, 6.45) is 3.66. The van der Waals surface area contributed by atoms with Crippen LogP contribution >= 0.6 is 0 Å². The molecule has 0 radical (unpaired) electrons. The Morgan fingerprint density at radius 2 is 2.48 bits per heavy atom. The van der Waals surface area contributed by atoms with E-state index in [-0.39, 0.29) is 24.1 Å². The number of nitrogens with one attached hydrogen (secondary N) is 1. The van der Waals surface area contributed by atoms with E-state index >= 15 is 0 Å². The highest BCUT2D eigenvalue weighted by Crippen LogP contribution is 2.21. The summed E-state index contributed by atoms with van der Waals surface area (Å²) in [5, 5.41) is 2.91. The van der Waals surface area contributed by atoms with Gasteiger partial charge in [0.1, 0.15) is 5.76 Å². The molecule has 0 saturated carbocycles. The number of hydrogen-bond donors (Lipinski definition) is 2. The molecule has 3 N–H and O–H groups in total. The fourth-order valence-corrected chi connectivity index (χ4v) is 2.87. The first-order valence-electron chi connectivity index (χ1n) is 7.44. The van der Waals surface area contributed by atoms with Crippen LogP contribution in [0.5, 0.6) is 0 Å². The normalized spacial score (nSPS) is 24.7. The van der Waals surface area contributed by atoms with Crippen molar-refractivity contribution in [2.45, 2.75) is 44.5 Å². The monoisotopic (exact) mass is 295 g/mol. The van der Waals surface area contributed by atoms with Crippen molar-refractivity contribution in [2.24, 2.45) is 5.73 Å². The van der Waals surface area contributed by atoms with E-state index in [1.165, 1.54) is 0 Å². The highest BCUT2D eigenvalue weighted by Gasteiger charge is 2.33. The Morgan fingerprint density at radius 1 is 1.67 bits per heavy atom. The van der Waals surface area contributed by atoms with Crippen molar-refractivity contribution in [3.8, 4) is 0 Å². The first-order chi connectivity index (χ1) is 10.2. The van der Waals surface area contributed by atoms with Gasteiger partial charge in [-0.25, -0.2) is 0 Å². The molecule has 1 aliphatic rings. The van der Waals surface area contributed by atoms with Crippen molar-refractivity contribution in [2.75, 3.05) is 20.2 Å². The smallest absolute Gasteiger partial charge is 0.237 e. The predicted octanol–water partition coefficient (Wildman–Crippen LogP) is 0.722. The second-order valence-electron chi connectivity index (χ2n) is 5.48. The zero-order valence-corrected chi connectivity index (χ0v) is 12.7. The summed E-state index contributed by atoms with van der Waals surface area (Å²) in [4.78, 5) is 14.5. The van der Waals surface area contributed by atoms with Crippen LogP contribution in [-0.4, -0.2) is 49.2 Å². The number of nitrogens with zero attached hydrogens (tertiary/aromatic N) is 1. The summed E-state index contributed by atoms with van der Waals surface area (Å²) in [5.41, 5.74) is 5.86. The molecular weight excluding hydrogens is 270 g/mol. The molecule has 21 heavy (non-hydrogen) atoms. The average molecular weight is 295 g/mol. The van der Waals surface area contributed by atoms with Crippen LogP contribution < -0.4 is 11.1 Å². The molecule has 1 aromatic rings. The third kappa shape index (κ3) is 4.06. The van der Waals surface area contributed by atoms with E-state index in [4.69, 9.17) is 14.9 Å². The number of ether oxygens (including phenoxy) is 1. The van der Waals surface area contributed by atoms with E-state index in [0.29, 0.717) is 13.1 Å². The molecule has 1 fully saturated rings.